The number of amidine groups is 1. The number of aromatic hydroxyl groups is 1. The maximum absolute atomic E-state index is 10.3. The third-order valence-corrected chi connectivity index (χ3v) is 4.68. The van der Waals surface area contributed by atoms with E-state index >= 15 is 0 Å². The van der Waals surface area contributed by atoms with Crippen molar-refractivity contribution in [2.75, 3.05) is 0 Å². The quantitative estimate of drug-likeness (QED) is 0.216. The standard InChI is InChI=1S/C20H15ClN4O2/c21-16-6-2-5-15(19(16)26)12-3-1-4-14(9-12)25-11-23-17-10-13(20(22)24-27)7-8-18(17)25/h1-11,26-27H,(H2,22,24). The summed E-state index contributed by atoms with van der Waals surface area (Å²) >= 11 is 6.03. The number of hydrogen-bond donors (Lipinski definition) is 3. The highest BCUT2D eigenvalue weighted by Crippen LogP contribution is 2.35. The van der Waals surface area contributed by atoms with Crippen LogP contribution < -0.4 is 5.73 Å². The minimum atomic E-state index is 0.0323. The number of rotatable bonds is 3. The molecular weight excluding hydrogens is 364 g/mol. The number of para-hydroxylation sites is 1. The maximum Gasteiger partial charge on any atom is 0.170 e. The Morgan fingerprint density at radius 1 is 1.07 bits per heavy atom. The van der Waals surface area contributed by atoms with Crippen LogP contribution in [0.2, 0.25) is 5.02 Å². The van der Waals surface area contributed by atoms with Crippen LogP contribution >= 0.6 is 11.6 Å². The minimum absolute atomic E-state index is 0.0323. The van der Waals surface area contributed by atoms with E-state index in [1.165, 1.54) is 0 Å². The van der Waals surface area contributed by atoms with Crippen LogP contribution in [0, 0.1) is 0 Å². The first-order valence-electron chi connectivity index (χ1n) is 8.12. The lowest BCUT2D eigenvalue weighted by Crippen LogP contribution is -2.12. The van der Waals surface area contributed by atoms with E-state index in [2.05, 4.69) is 10.1 Å². The predicted octanol–water partition coefficient (Wildman–Crippen LogP) is 4.15. The molecule has 6 nitrogen and oxygen atoms in total. The molecule has 7 heteroatoms. The molecule has 0 atom stereocenters. The average molecular weight is 379 g/mol. The molecule has 1 aromatic heterocycles. The summed E-state index contributed by atoms with van der Waals surface area (Å²) in [5.74, 6) is 0.0834. The molecule has 1 heterocycles. The van der Waals surface area contributed by atoms with Crippen molar-refractivity contribution in [3.63, 3.8) is 0 Å². The first-order chi connectivity index (χ1) is 13.1. The van der Waals surface area contributed by atoms with E-state index in [4.69, 9.17) is 22.5 Å². The Labute approximate surface area is 159 Å². The van der Waals surface area contributed by atoms with Crippen molar-refractivity contribution < 1.29 is 10.3 Å². The normalized spacial score (nSPS) is 11.8. The molecule has 0 bridgehead atoms. The molecule has 0 aliphatic heterocycles. The van der Waals surface area contributed by atoms with Gasteiger partial charge in [0.2, 0.25) is 0 Å². The lowest BCUT2D eigenvalue weighted by molar-refractivity contribution is 0.318. The van der Waals surface area contributed by atoms with Gasteiger partial charge < -0.3 is 16.0 Å². The van der Waals surface area contributed by atoms with Crippen molar-refractivity contribution in [3.8, 4) is 22.6 Å². The highest BCUT2D eigenvalue weighted by atomic mass is 35.5. The molecule has 4 N–H and O–H groups in total. The van der Waals surface area contributed by atoms with Gasteiger partial charge in [0.1, 0.15) is 12.1 Å². The molecule has 3 aromatic carbocycles. The summed E-state index contributed by atoms with van der Waals surface area (Å²) < 4.78 is 1.93. The Bertz CT molecular complexity index is 1180. The maximum atomic E-state index is 10.3. The number of phenolic OH excluding ortho intramolecular Hbond substituents is 1. The molecule has 0 saturated carbocycles. The second-order valence-corrected chi connectivity index (χ2v) is 6.40. The number of oxime groups is 1. The number of nitrogens with two attached hydrogens (primary N) is 1. The highest BCUT2D eigenvalue weighted by molar-refractivity contribution is 6.32. The van der Waals surface area contributed by atoms with Crippen molar-refractivity contribution >= 4 is 28.5 Å². The summed E-state index contributed by atoms with van der Waals surface area (Å²) in [6.07, 6.45) is 1.71. The minimum Gasteiger partial charge on any atom is -0.506 e. The molecule has 0 radical (unpaired) electrons. The molecule has 0 spiro atoms. The second-order valence-electron chi connectivity index (χ2n) is 5.99. The van der Waals surface area contributed by atoms with Crippen LogP contribution in [0.4, 0.5) is 0 Å². The Morgan fingerprint density at radius 2 is 1.89 bits per heavy atom. The van der Waals surface area contributed by atoms with Gasteiger partial charge in [-0.2, -0.15) is 0 Å². The Hall–Kier alpha value is -3.51. The number of benzene rings is 3. The summed E-state index contributed by atoms with van der Waals surface area (Å²) in [4.78, 5) is 4.41. The third kappa shape index (κ3) is 2.96. The lowest BCUT2D eigenvalue weighted by Gasteiger charge is -2.10. The largest absolute Gasteiger partial charge is 0.506 e. The first-order valence-corrected chi connectivity index (χ1v) is 8.49. The van der Waals surface area contributed by atoms with Crippen LogP contribution in [0.5, 0.6) is 5.75 Å². The molecule has 0 unspecified atom stereocenters. The summed E-state index contributed by atoms with van der Waals surface area (Å²) in [7, 11) is 0. The van der Waals surface area contributed by atoms with E-state index in [1.54, 1.807) is 30.6 Å². The van der Waals surface area contributed by atoms with Crippen LogP contribution in [-0.4, -0.2) is 25.7 Å². The fourth-order valence-electron chi connectivity index (χ4n) is 3.01. The van der Waals surface area contributed by atoms with Gasteiger partial charge in [0.05, 0.1) is 16.1 Å². The molecule has 0 fully saturated rings. The molecule has 4 aromatic rings. The van der Waals surface area contributed by atoms with Crippen LogP contribution in [-0.2, 0) is 0 Å². The number of aromatic nitrogens is 2. The zero-order valence-corrected chi connectivity index (χ0v) is 14.8. The van der Waals surface area contributed by atoms with Gasteiger partial charge >= 0.3 is 0 Å². The van der Waals surface area contributed by atoms with Gasteiger partial charge in [-0.3, -0.25) is 4.57 Å². The SMILES string of the molecule is NC(=NO)c1ccc2c(c1)ncn2-c1cccc(-c2cccc(Cl)c2O)c1. The highest BCUT2D eigenvalue weighted by Gasteiger charge is 2.11. The monoisotopic (exact) mass is 378 g/mol. The number of nitrogens with zero attached hydrogens (tertiary/aromatic N) is 3. The molecule has 0 aliphatic rings. The Morgan fingerprint density at radius 3 is 2.70 bits per heavy atom. The number of hydrogen-bond acceptors (Lipinski definition) is 4. The third-order valence-electron chi connectivity index (χ3n) is 4.37. The molecule has 4 rings (SSSR count). The summed E-state index contributed by atoms with van der Waals surface area (Å²) in [5, 5.41) is 22.4. The molecule has 0 amide bonds. The predicted molar refractivity (Wildman–Crippen MR) is 106 cm³/mol. The zero-order valence-electron chi connectivity index (χ0n) is 14.0. The number of halogens is 1. The van der Waals surface area contributed by atoms with Crippen molar-refractivity contribution in [2.45, 2.75) is 0 Å². The lowest BCUT2D eigenvalue weighted by atomic mass is 10.0. The summed E-state index contributed by atoms with van der Waals surface area (Å²) in [6, 6.07) is 18.3. The van der Waals surface area contributed by atoms with Crippen molar-refractivity contribution in [2.24, 2.45) is 10.9 Å². The van der Waals surface area contributed by atoms with Gasteiger partial charge in [0.15, 0.2) is 5.84 Å². The summed E-state index contributed by atoms with van der Waals surface area (Å²) in [6.45, 7) is 0. The summed E-state index contributed by atoms with van der Waals surface area (Å²) in [5.41, 5.74) is 10.2. The topological polar surface area (TPSA) is 96.7 Å². The van der Waals surface area contributed by atoms with E-state index in [-0.39, 0.29) is 11.6 Å². The van der Waals surface area contributed by atoms with Gasteiger partial charge in [0.25, 0.3) is 0 Å². The van der Waals surface area contributed by atoms with Crippen LogP contribution in [0.3, 0.4) is 0 Å². The average Bonchev–Trinajstić information content (AvgIpc) is 3.12. The first kappa shape index (κ1) is 16.9. The number of fused-ring (bicyclic) bond motifs is 1. The fraction of sp³-hybridized carbons (Fsp3) is 0. The van der Waals surface area contributed by atoms with Crippen LogP contribution in [0.1, 0.15) is 5.56 Å². The van der Waals surface area contributed by atoms with Gasteiger partial charge in [0, 0.05) is 16.8 Å². The molecule has 134 valence electrons. The fourth-order valence-corrected chi connectivity index (χ4v) is 3.18. The second kappa shape index (κ2) is 6.66. The zero-order chi connectivity index (χ0) is 19.0. The molecule has 27 heavy (non-hydrogen) atoms. The smallest absolute Gasteiger partial charge is 0.170 e. The van der Waals surface area contributed by atoms with Crippen LogP contribution in [0.15, 0.2) is 72.1 Å². The van der Waals surface area contributed by atoms with E-state index in [0.29, 0.717) is 16.1 Å². The van der Waals surface area contributed by atoms with Gasteiger partial charge in [-0.25, -0.2) is 4.98 Å². The van der Waals surface area contributed by atoms with Crippen molar-refractivity contribution in [1.29, 1.82) is 0 Å². The Balaban J connectivity index is 1.82. The van der Waals surface area contributed by atoms with E-state index in [9.17, 15) is 5.11 Å². The van der Waals surface area contributed by atoms with E-state index in [0.717, 1.165) is 22.3 Å². The van der Waals surface area contributed by atoms with Gasteiger partial charge in [-0.1, -0.05) is 41.0 Å². The number of imidazole rings is 1. The van der Waals surface area contributed by atoms with Gasteiger partial charge in [-0.15, -0.1) is 0 Å². The van der Waals surface area contributed by atoms with Crippen LogP contribution in [0.25, 0.3) is 27.8 Å². The van der Waals surface area contributed by atoms with E-state index < -0.39 is 0 Å². The van der Waals surface area contributed by atoms with Crippen molar-refractivity contribution in [1.82, 2.24) is 9.55 Å². The Kier molecular flexibility index (Phi) is 4.18. The van der Waals surface area contributed by atoms with Crippen molar-refractivity contribution in [3.05, 3.63) is 77.6 Å². The molecule has 0 saturated heterocycles. The number of phenols is 1. The molecular formula is C20H15ClN4O2. The van der Waals surface area contributed by atoms with Gasteiger partial charge in [-0.05, 0) is 42.0 Å². The van der Waals surface area contributed by atoms with E-state index in [1.807, 2.05) is 41.0 Å². The molecule has 0 aliphatic carbocycles.